The van der Waals surface area contributed by atoms with Gasteiger partial charge in [-0.25, -0.2) is 13.4 Å². The molecule has 1 aromatic carbocycles. The van der Waals surface area contributed by atoms with E-state index in [1.165, 1.54) is 35.6 Å². The van der Waals surface area contributed by atoms with Gasteiger partial charge in [-0.2, -0.15) is 4.31 Å². The predicted molar refractivity (Wildman–Crippen MR) is 88.7 cm³/mol. The second-order valence-corrected chi connectivity index (χ2v) is 7.31. The van der Waals surface area contributed by atoms with Gasteiger partial charge in [0, 0.05) is 24.8 Å². The maximum atomic E-state index is 12.4. The zero-order valence-electron chi connectivity index (χ0n) is 13.2. The van der Waals surface area contributed by atoms with E-state index >= 15 is 0 Å². The molecule has 0 radical (unpaired) electrons. The lowest BCUT2D eigenvalue weighted by atomic mass is 10.2. The fraction of sp³-hybridized carbons (Fsp3) is 0.250. The molecule has 0 bridgehead atoms. The first-order valence-corrected chi connectivity index (χ1v) is 8.57. The number of rotatable bonds is 5. The molecule has 2 rings (SSSR count). The van der Waals surface area contributed by atoms with E-state index in [1.807, 2.05) is 0 Å². The quantitative estimate of drug-likeness (QED) is 0.911. The molecule has 23 heavy (non-hydrogen) atoms. The Bertz CT molecular complexity index is 772. The highest BCUT2D eigenvalue weighted by molar-refractivity contribution is 7.89. The van der Waals surface area contributed by atoms with E-state index in [9.17, 15) is 13.2 Å². The van der Waals surface area contributed by atoms with Crippen LogP contribution in [0.1, 0.15) is 24.2 Å². The van der Waals surface area contributed by atoms with Gasteiger partial charge in [-0.05, 0) is 50.2 Å². The van der Waals surface area contributed by atoms with Gasteiger partial charge in [0.2, 0.25) is 10.0 Å². The van der Waals surface area contributed by atoms with Crippen molar-refractivity contribution in [1.82, 2.24) is 9.29 Å². The number of pyridine rings is 1. The monoisotopic (exact) mass is 333 g/mol. The third kappa shape index (κ3) is 3.94. The zero-order chi connectivity index (χ0) is 17.0. The Balaban J connectivity index is 2.18. The average molecular weight is 333 g/mol. The number of sulfonamides is 1. The largest absolute Gasteiger partial charge is 0.307 e. The Morgan fingerprint density at radius 1 is 1.13 bits per heavy atom. The van der Waals surface area contributed by atoms with Crippen molar-refractivity contribution in [2.24, 2.45) is 0 Å². The van der Waals surface area contributed by atoms with Gasteiger partial charge in [0.25, 0.3) is 5.91 Å². The molecule has 0 unspecified atom stereocenters. The fourth-order valence-corrected chi connectivity index (χ4v) is 3.21. The van der Waals surface area contributed by atoms with E-state index in [-0.39, 0.29) is 16.8 Å². The highest BCUT2D eigenvalue weighted by Gasteiger charge is 2.23. The third-order valence-electron chi connectivity index (χ3n) is 3.43. The normalized spacial score (nSPS) is 11.7. The van der Waals surface area contributed by atoms with Crippen molar-refractivity contribution in [2.75, 3.05) is 12.4 Å². The van der Waals surface area contributed by atoms with E-state index in [0.717, 1.165) is 0 Å². The molecule has 0 spiro atoms. The molecule has 7 heteroatoms. The molecule has 6 nitrogen and oxygen atoms in total. The molecule has 2 aromatic rings. The Morgan fingerprint density at radius 2 is 1.78 bits per heavy atom. The van der Waals surface area contributed by atoms with E-state index in [4.69, 9.17) is 0 Å². The standard InChI is InChI=1S/C16H19N3O3S/c1-12(2)19(3)23(21,22)14-9-7-13(8-10-14)16(20)18-15-6-4-5-11-17-15/h4-12H,1-3H3,(H,17,18,20). The van der Waals surface area contributed by atoms with Crippen LogP contribution < -0.4 is 5.32 Å². The molecular formula is C16H19N3O3S. The van der Waals surface area contributed by atoms with Crippen molar-refractivity contribution in [2.45, 2.75) is 24.8 Å². The van der Waals surface area contributed by atoms with Crippen LogP contribution in [0.4, 0.5) is 5.82 Å². The smallest absolute Gasteiger partial charge is 0.256 e. The average Bonchev–Trinajstić information content (AvgIpc) is 2.55. The Morgan fingerprint density at radius 3 is 2.30 bits per heavy atom. The van der Waals surface area contributed by atoms with Crippen molar-refractivity contribution in [3.8, 4) is 0 Å². The number of nitrogens with zero attached hydrogens (tertiary/aromatic N) is 2. The molecule has 0 saturated heterocycles. The maximum Gasteiger partial charge on any atom is 0.256 e. The SMILES string of the molecule is CC(C)N(C)S(=O)(=O)c1ccc(C(=O)Nc2ccccn2)cc1. The van der Waals surface area contributed by atoms with Gasteiger partial charge in [-0.15, -0.1) is 0 Å². The number of hydrogen-bond donors (Lipinski definition) is 1. The van der Waals surface area contributed by atoms with Crippen molar-refractivity contribution >= 4 is 21.7 Å². The zero-order valence-corrected chi connectivity index (χ0v) is 14.0. The van der Waals surface area contributed by atoms with Gasteiger partial charge in [-0.1, -0.05) is 6.07 Å². The number of anilines is 1. The second-order valence-electron chi connectivity index (χ2n) is 5.31. The minimum atomic E-state index is -3.55. The van der Waals surface area contributed by atoms with Crippen LogP contribution in [0.25, 0.3) is 0 Å². The Hall–Kier alpha value is -2.25. The molecule has 0 aliphatic heterocycles. The second kappa shape index (κ2) is 6.89. The number of carbonyl (C=O) groups is 1. The van der Waals surface area contributed by atoms with Crippen LogP contribution in [0.5, 0.6) is 0 Å². The summed E-state index contributed by atoms with van der Waals surface area (Å²) in [6.45, 7) is 3.60. The molecule has 1 aromatic heterocycles. The first kappa shape index (κ1) is 17.1. The first-order valence-electron chi connectivity index (χ1n) is 7.13. The Kier molecular flexibility index (Phi) is 5.12. The molecule has 122 valence electrons. The minimum Gasteiger partial charge on any atom is -0.307 e. The lowest BCUT2D eigenvalue weighted by Gasteiger charge is -2.21. The summed E-state index contributed by atoms with van der Waals surface area (Å²) < 4.78 is 26.0. The molecule has 1 N–H and O–H groups in total. The maximum absolute atomic E-state index is 12.4. The predicted octanol–water partition coefficient (Wildman–Crippen LogP) is 2.36. The van der Waals surface area contributed by atoms with Gasteiger partial charge in [-0.3, -0.25) is 4.79 Å². The topological polar surface area (TPSA) is 79.4 Å². The lowest BCUT2D eigenvalue weighted by molar-refractivity contribution is 0.102. The summed E-state index contributed by atoms with van der Waals surface area (Å²) in [5.41, 5.74) is 0.363. The van der Waals surface area contributed by atoms with Crippen molar-refractivity contribution in [3.63, 3.8) is 0 Å². The number of hydrogen-bond acceptors (Lipinski definition) is 4. The molecule has 0 aliphatic rings. The van der Waals surface area contributed by atoms with Crippen LogP contribution >= 0.6 is 0 Å². The highest BCUT2D eigenvalue weighted by Crippen LogP contribution is 2.17. The third-order valence-corrected chi connectivity index (χ3v) is 5.47. The molecule has 0 fully saturated rings. The Labute approximate surface area is 136 Å². The summed E-state index contributed by atoms with van der Waals surface area (Å²) >= 11 is 0. The number of aromatic nitrogens is 1. The van der Waals surface area contributed by atoms with Crippen LogP contribution in [0.2, 0.25) is 0 Å². The van der Waals surface area contributed by atoms with Crippen molar-refractivity contribution < 1.29 is 13.2 Å². The summed E-state index contributed by atoms with van der Waals surface area (Å²) in [5.74, 6) is 0.0959. The molecule has 0 aliphatic carbocycles. The summed E-state index contributed by atoms with van der Waals surface area (Å²) in [5, 5.41) is 2.65. The van der Waals surface area contributed by atoms with Crippen LogP contribution in [0, 0.1) is 0 Å². The summed E-state index contributed by atoms with van der Waals surface area (Å²) in [4.78, 5) is 16.3. The van der Waals surface area contributed by atoms with Crippen LogP contribution in [0.15, 0.2) is 53.6 Å². The fourth-order valence-electron chi connectivity index (χ4n) is 1.85. The summed E-state index contributed by atoms with van der Waals surface area (Å²) in [7, 11) is -2.02. The van der Waals surface area contributed by atoms with Crippen LogP contribution in [-0.2, 0) is 10.0 Å². The van der Waals surface area contributed by atoms with Gasteiger partial charge < -0.3 is 5.32 Å². The number of nitrogens with one attached hydrogen (secondary N) is 1. The molecule has 1 heterocycles. The van der Waals surface area contributed by atoms with Crippen LogP contribution in [0.3, 0.4) is 0 Å². The number of benzene rings is 1. The highest BCUT2D eigenvalue weighted by atomic mass is 32.2. The lowest BCUT2D eigenvalue weighted by Crippen LogP contribution is -2.33. The van der Waals surface area contributed by atoms with Gasteiger partial charge in [0.05, 0.1) is 4.90 Å². The number of carbonyl (C=O) groups excluding carboxylic acids is 1. The van der Waals surface area contributed by atoms with E-state index in [0.29, 0.717) is 11.4 Å². The van der Waals surface area contributed by atoms with Crippen molar-refractivity contribution in [3.05, 3.63) is 54.2 Å². The number of amides is 1. The molecule has 1 amide bonds. The molecule has 0 saturated carbocycles. The molecular weight excluding hydrogens is 314 g/mol. The van der Waals surface area contributed by atoms with Gasteiger partial charge >= 0.3 is 0 Å². The molecule has 0 atom stereocenters. The summed E-state index contributed by atoms with van der Waals surface area (Å²) in [6.07, 6.45) is 1.58. The van der Waals surface area contributed by atoms with Crippen LogP contribution in [-0.4, -0.2) is 36.7 Å². The van der Waals surface area contributed by atoms with Gasteiger partial charge in [0.1, 0.15) is 5.82 Å². The van der Waals surface area contributed by atoms with E-state index in [1.54, 1.807) is 38.2 Å². The van der Waals surface area contributed by atoms with E-state index < -0.39 is 10.0 Å². The van der Waals surface area contributed by atoms with Crippen molar-refractivity contribution in [1.29, 1.82) is 0 Å². The summed E-state index contributed by atoms with van der Waals surface area (Å²) in [6, 6.07) is 10.9. The van der Waals surface area contributed by atoms with Gasteiger partial charge in [0.15, 0.2) is 0 Å². The first-order chi connectivity index (χ1) is 10.8. The van der Waals surface area contributed by atoms with E-state index in [2.05, 4.69) is 10.3 Å². The minimum absolute atomic E-state index is 0.146.